The van der Waals surface area contributed by atoms with E-state index in [2.05, 4.69) is 9.94 Å². The highest BCUT2D eigenvalue weighted by molar-refractivity contribution is 5.78. The van der Waals surface area contributed by atoms with Gasteiger partial charge in [0.15, 0.2) is 5.69 Å². The largest absolute Gasteiger partial charge is 0.435 e. The lowest BCUT2D eigenvalue weighted by Gasteiger charge is -2.18. The standard InChI is InChI=1S/C9H12F3N3O2/c1-6(8(16)14(2)17-3)15-5-4-7(13-15)9(10,11)12/h4-6H,1-3H3. The van der Waals surface area contributed by atoms with Crippen LogP contribution in [0.15, 0.2) is 12.3 Å². The molecule has 0 aliphatic heterocycles. The molecule has 8 heteroatoms. The Kier molecular flexibility index (Phi) is 3.76. The van der Waals surface area contributed by atoms with Gasteiger partial charge in [-0.3, -0.25) is 14.3 Å². The monoisotopic (exact) mass is 251 g/mol. The van der Waals surface area contributed by atoms with Crippen LogP contribution in [0, 0.1) is 0 Å². The Labute approximate surface area is 95.7 Å². The van der Waals surface area contributed by atoms with Crippen molar-refractivity contribution in [1.82, 2.24) is 14.8 Å². The molecule has 1 atom stereocenters. The first-order valence-electron chi connectivity index (χ1n) is 4.71. The van der Waals surface area contributed by atoms with Crippen LogP contribution >= 0.6 is 0 Å². The quantitative estimate of drug-likeness (QED) is 0.764. The van der Waals surface area contributed by atoms with Crippen LogP contribution in [-0.4, -0.2) is 34.9 Å². The van der Waals surface area contributed by atoms with Crippen molar-refractivity contribution in [3.05, 3.63) is 18.0 Å². The van der Waals surface area contributed by atoms with Gasteiger partial charge in [-0.2, -0.15) is 18.3 Å². The molecule has 17 heavy (non-hydrogen) atoms. The first-order valence-corrected chi connectivity index (χ1v) is 4.71. The molecule has 1 aromatic rings. The van der Waals surface area contributed by atoms with Crippen molar-refractivity contribution in [3.63, 3.8) is 0 Å². The van der Waals surface area contributed by atoms with E-state index >= 15 is 0 Å². The van der Waals surface area contributed by atoms with Crippen LogP contribution in [0.5, 0.6) is 0 Å². The molecule has 96 valence electrons. The average Bonchev–Trinajstić information content (AvgIpc) is 2.74. The number of alkyl halides is 3. The molecule has 1 heterocycles. The van der Waals surface area contributed by atoms with Crippen molar-refractivity contribution in [2.45, 2.75) is 19.1 Å². The van der Waals surface area contributed by atoms with Gasteiger partial charge < -0.3 is 0 Å². The van der Waals surface area contributed by atoms with Crippen LogP contribution in [0.3, 0.4) is 0 Å². The molecule has 1 aromatic heterocycles. The van der Waals surface area contributed by atoms with Gasteiger partial charge in [-0.1, -0.05) is 0 Å². The van der Waals surface area contributed by atoms with Crippen LogP contribution in [0.2, 0.25) is 0 Å². The van der Waals surface area contributed by atoms with Gasteiger partial charge in [0.05, 0.1) is 7.11 Å². The maximum atomic E-state index is 12.3. The second kappa shape index (κ2) is 4.74. The molecule has 0 bridgehead atoms. The van der Waals surface area contributed by atoms with Crippen molar-refractivity contribution in [3.8, 4) is 0 Å². The molecule has 1 amide bonds. The van der Waals surface area contributed by atoms with Crippen molar-refractivity contribution in [2.75, 3.05) is 14.2 Å². The smallest absolute Gasteiger partial charge is 0.274 e. The first kappa shape index (κ1) is 13.5. The second-order valence-corrected chi connectivity index (χ2v) is 3.37. The zero-order chi connectivity index (χ0) is 13.2. The summed E-state index contributed by atoms with van der Waals surface area (Å²) in [6.45, 7) is 1.44. The fraction of sp³-hybridized carbons (Fsp3) is 0.556. The summed E-state index contributed by atoms with van der Waals surface area (Å²) in [5.41, 5.74) is -1.03. The van der Waals surface area contributed by atoms with E-state index in [1.54, 1.807) is 0 Å². The minimum atomic E-state index is -4.51. The van der Waals surface area contributed by atoms with E-state index in [1.807, 2.05) is 0 Å². The normalized spacial score (nSPS) is 13.5. The highest BCUT2D eigenvalue weighted by Gasteiger charge is 2.34. The number of amides is 1. The number of aromatic nitrogens is 2. The number of hydrogen-bond acceptors (Lipinski definition) is 3. The third-order valence-electron chi connectivity index (χ3n) is 2.24. The molecular formula is C9H12F3N3O2. The van der Waals surface area contributed by atoms with Gasteiger partial charge in [0.25, 0.3) is 5.91 Å². The number of carbonyl (C=O) groups excluding carboxylic acids is 1. The highest BCUT2D eigenvalue weighted by Crippen LogP contribution is 2.27. The maximum absolute atomic E-state index is 12.3. The van der Waals surface area contributed by atoms with E-state index in [1.165, 1.54) is 21.1 Å². The molecular weight excluding hydrogens is 239 g/mol. The van der Waals surface area contributed by atoms with Crippen molar-refractivity contribution in [2.24, 2.45) is 0 Å². The van der Waals surface area contributed by atoms with Gasteiger partial charge in [-0.05, 0) is 13.0 Å². The number of likely N-dealkylation sites (N-methyl/N-ethyl adjacent to an activating group) is 1. The molecule has 0 aromatic carbocycles. The molecule has 0 fully saturated rings. The fourth-order valence-corrected chi connectivity index (χ4v) is 1.17. The van der Waals surface area contributed by atoms with Gasteiger partial charge in [-0.25, -0.2) is 5.06 Å². The molecule has 0 saturated carbocycles. The Morgan fingerprint density at radius 3 is 2.59 bits per heavy atom. The maximum Gasteiger partial charge on any atom is 0.435 e. The lowest BCUT2D eigenvalue weighted by molar-refractivity contribution is -0.172. The Morgan fingerprint density at radius 2 is 2.18 bits per heavy atom. The summed E-state index contributed by atoms with van der Waals surface area (Å²) < 4.78 is 37.8. The number of hydroxylamine groups is 2. The zero-order valence-corrected chi connectivity index (χ0v) is 9.52. The number of hydrogen-bond donors (Lipinski definition) is 0. The third-order valence-corrected chi connectivity index (χ3v) is 2.24. The first-order chi connectivity index (χ1) is 7.77. The summed E-state index contributed by atoms with van der Waals surface area (Å²) in [4.78, 5) is 16.2. The summed E-state index contributed by atoms with van der Waals surface area (Å²) in [5, 5.41) is 4.24. The van der Waals surface area contributed by atoms with Crippen molar-refractivity contribution >= 4 is 5.91 Å². The van der Waals surface area contributed by atoms with Crippen molar-refractivity contribution < 1.29 is 22.8 Å². The van der Waals surface area contributed by atoms with Gasteiger partial charge in [-0.15, -0.1) is 0 Å². The van der Waals surface area contributed by atoms with Gasteiger partial charge >= 0.3 is 6.18 Å². The molecule has 0 radical (unpaired) electrons. The Balaban J connectivity index is 2.87. The molecule has 0 spiro atoms. The van der Waals surface area contributed by atoms with E-state index in [-0.39, 0.29) is 0 Å². The highest BCUT2D eigenvalue weighted by atomic mass is 19.4. The molecule has 0 aliphatic carbocycles. The Morgan fingerprint density at radius 1 is 1.59 bits per heavy atom. The fourth-order valence-electron chi connectivity index (χ4n) is 1.17. The summed E-state index contributed by atoms with van der Waals surface area (Å²) in [5.74, 6) is -0.496. The molecule has 5 nitrogen and oxygen atoms in total. The number of carbonyl (C=O) groups is 1. The van der Waals surface area contributed by atoms with Crippen LogP contribution in [0.25, 0.3) is 0 Å². The number of halogens is 3. The van der Waals surface area contributed by atoms with E-state index < -0.39 is 23.8 Å². The Hall–Kier alpha value is -1.57. The van der Waals surface area contributed by atoms with Crippen LogP contribution in [0.1, 0.15) is 18.7 Å². The minimum absolute atomic E-state index is 0.496. The van der Waals surface area contributed by atoms with Crippen LogP contribution < -0.4 is 0 Å². The van der Waals surface area contributed by atoms with E-state index in [4.69, 9.17) is 0 Å². The topological polar surface area (TPSA) is 47.4 Å². The molecule has 1 rings (SSSR count). The van der Waals surface area contributed by atoms with E-state index in [9.17, 15) is 18.0 Å². The molecule has 1 unspecified atom stereocenters. The summed E-state index contributed by atoms with van der Waals surface area (Å²) in [6, 6.07) is -0.0487. The summed E-state index contributed by atoms with van der Waals surface area (Å²) >= 11 is 0. The molecule has 0 saturated heterocycles. The van der Waals surface area contributed by atoms with E-state index in [0.717, 1.165) is 22.0 Å². The van der Waals surface area contributed by atoms with Crippen LogP contribution in [0.4, 0.5) is 13.2 Å². The number of rotatable bonds is 3. The summed E-state index contributed by atoms with van der Waals surface area (Å²) in [7, 11) is 2.65. The predicted molar refractivity (Wildman–Crippen MR) is 51.7 cm³/mol. The minimum Gasteiger partial charge on any atom is -0.274 e. The van der Waals surface area contributed by atoms with E-state index in [0.29, 0.717) is 0 Å². The third kappa shape index (κ3) is 2.96. The predicted octanol–water partition coefficient (Wildman–Crippen LogP) is 1.48. The lowest BCUT2D eigenvalue weighted by atomic mass is 10.3. The molecule has 0 N–H and O–H groups in total. The number of nitrogens with zero attached hydrogens (tertiary/aromatic N) is 3. The van der Waals surface area contributed by atoms with Crippen LogP contribution in [-0.2, 0) is 15.8 Å². The SMILES string of the molecule is CON(C)C(=O)C(C)n1ccc(C(F)(F)F)n1. The molecule has 0 aliphatic rings. The lowest BCUT2D eigenvalue weighted by Crippen LogP contribution is -2.32. The average molecular weight is 251 g/mol. The van der Waals surface area contributed by atoms with Gasteiger partial charge in [0.2, 0.25) is 0 Å². The zero-order valence-electron chi connectivity index (χ0n) is 9.52. The van der Waals surface area contributed by atoms with Gasteiger partial charge in [0.1, 0.15) is 6.04 Å². The van der Waals surface area contributed by atoms with Crippen molar-refractivity contribution in [1.29, 1.82) is 0 Å². The Bertz CT molecular complexity index is 402. The second-order valence-electron chi connectivity index (χ2n) is 3.37. The summed E-state index contributed by atoms with van der Waals surface area (Å²) in [6.07, 6.45) is -3.41. The van der Waals surface area contributed by atoms with Gasteiger partial charge in [0, 0.05) is 13.2 Å².